The van der Waals surface area contributed by atoms with E-state index in [1.807, 2.05) is 13.0 Å². The molecule has 2 rings (SSSR count). The molecule has 0 bridgehead atoms. The lowest BCUT2D eigenvalue weighted by atomic mass is 10.2. The minimum Gasteiger partial charge on any atom is -0.437 e. The molecule has 1 N–H and O–H groups in total. The fourth-order valence-corrected chi connectivity index (χ4v) is 1.94. The Kier molecular flexibility index (Phi) is 3.62. The second-order valence-corrected chi connectivity index (χ2v) is 4.16. The van der Waals surface area contributed by atoms with Crippen molar-refractivity contribution in [3.63, 3.8) is 0 Å². The average molecular weight is 283 g/mol. The number of methoxy groups -OCH3 is 1. The average Bonchev–Trinajstić information content (AvgIpc) is 2.70. The molecule has 0 fully saturated rings. The van der Waals surface area contributed by atoms with E-state index in [9.17, 15) is 9.59 Å². The molecular formula is C12H11ClN2O4. The summed E-state index contributed by atoms with van der Waals surface area (Å²) in [5.74, 6) is -0.0174. The first-order chi connectivity index (χ1) is 9.02. The SMILES string of the molecule is COC(=O)Oc1cc(=O)n(-c2c(C)cccc2Cl)[nH]1. The Balaban J connectivity index is 2.47. The molecule has 2 aromatic rings. The van der Waals surface area contributed by atoms with Gasteiger partial charge in [-0.1, -0.05) is 23.7 Å². The fourth-order valence-electron chi connectivity index (χ4n) is 1.63. The molecule has 6 nitrogen and oxygen atoms in total. The molecule has 0 unspecified atom stereocenters. The number of aromatic nitrogens is 2. The van der Waals surface area contributed by atoms with E-state index < -0.39 is 11.7 Å². The molecule has 100 valence electrons. The van der Waals surface area contributed by atoms with Crippen LogP contribution in [0, 0.1) is 6.92 Å². The number of hydrogen-bond acceptors (Lipinski definition) is 4. The molecule has 1 heterocycles. The van der Waals surface area contributed by atoms with E-state index in [1.54, 1.807) is 12.1 Å². The van der Waals surface area contributed by atoms with Crippen LogP contribution in [0.4, 0.5) is 4.79 Å². The number of hydrogen-bond donors (Lipinski definition) is 1. The maximum Gasteiger partial charge on any atom is 0.514 e. The summed E-state index contributed by atoms with van der Waals surface area (Å²) in [6.07, 6.45) is -0.913. The summed E-state index contributed by atoms with van der Waals surface area (Å²) in [7, 11) is 1.18. The maximum atomic E-state index is 11.9. The quantitative estimate of drug-likeness (QED) is 0.858. The molecule has 0 atom stereocenters. The lowest BCUT2D eigenvalue weighted by Gasteiger charge is -2.08. The van der Waals surface area contributed by atoms with Crippen LogP contribution in [0.1, 0.15) is 5.56 Å². The van der Waals surface area contributed by atoms with Crippen molar-refractivity contribution in [1.82, 2.24) is 9.78 Å². The summed E-state index contributed by atoms with van der Waals surface area (Å²) in [5, 5.41) is 3.05. The zero-order valence-corrected chi connectivity index (χ0v) is 11.0. The van der Waals surface area contributed by atoms with E-state index >= 15 is 0 Å². The van der Waals surface area contributed by atoms with Crippen LogP contribution in [0.5, 0.6) is 5.88 Å². The Morgan fingerprint density at radius 1 is 1.42 bits per heavy atom. The molecule has 0 saturated carbocycles. The van der Waals surface area contributed by atoms with Crippen LogP contribution >= 0.6 is 11.6 Å². The number of H-pyrrole nitrogens is 1. The fraction of sp³-hybridized carbons (Fsp3) is 0.167. The third-order valence-electron chi connectivity index (χ3n) is 2.47. The Hall–Kier alpha value is -2.21. The number of benzene rings is 1. The summed E-state index contributed by atoms with van der Waals surface area (Å²) in [5.41, 5.74) is 0.921. The van der Waals surface area contributed by atoms with Crippen LogP contribution < -0.4 is 10.3 Å². The standard InChI is InChI=1S/C12H11ClN2O4/c1-7-4-3-5-8(13)11(7)15-10(16)6-9(14-15)19-12(17)18-2/h3-6,14H,1-2H3. The van der Waals surface area contributed by atoms with Gasteiger partial charge in [0.2, 0.25) is 5.88 Å². The van der Waals surface area contributed by atoms with Crippen molar-refractivity contribution in [1.29, 1.82) is 0 Å². The van der Waals surface area contributed by atoms with Gasteiger partial charge in [-0.05, 0) is 18.6 Å². The van der Waals surface area contributed by atoms with Crippen LogP contribution in [0.2, 0.25) is 5.02 Å². The third-order valence-corrected chi connectivity index (χ3v) is 2.77. The summed E-state index contributed by atoms with van der Waals surface area (Å²) >= 11 is 6.07. The second kappa shape index (κ2) is 5.19. The van der Waals surface area contributed by atoms with Gasteiger partial charge in [0.1, 0.15) is 0 Å². The first-order valence-electron chi connectivity index (χ1n) is 5.36. The number of aryl methyl sites for hydroxylation is 1. The van der Waals surface area contributed by atoms with Crippen molar-refractivity contribution >= 4 is 17.8 Å². The molecule has 7 heteroatoms. The highest BCUT2D eigenvalue weighted by molar-refractivity contribution is 6.32. The number of aromatic amines is 1. The van der Waals surface area contributed by atoms with E-state index in [2.05, 4.69) is 9.84 Å². The maximum absolute atomic E-state index is 11.9. The highest BCUT2D eigenvalue weighted by atomic mass is 35.5. The minimum atomic E-state index is -0.913. The number of nitrogens with zero attached hydrogens (tertiary/aromatic N) is 1. The van der Waals surface area contributed by atoms with E-state index in [1.165, 1.54) is 11.8 Å². The monoisotopic (exact) mass is 282 g/mol. The molecule has 0 saturated heterocycles. The van der Waals surface area contributed by atoms with Gasteiger partial charge in [-0.25, -0.2) is 9.48 Å². The minimum absolute atomic E-state index is 0.0174. The van der Waals surface area contributed by atoms with Gasteiger partial charge in [0, 0.05) is 0 Å². The molecule has 0 aliphatic carbocycles. The van der Waals surface area contributed by atoms with Crippen LogP contribution in [-0.4, -0.2) is 23.0 Å². The highest BCUT2D eigenvalue weighted by Gasteiger charge is 2.13. The van der Waals surface area contributed by atoms with Crippen LogP contribution in [0.3, 0.4) is 0 Å². The van der Waals surface area contributed by atoms with Gasteiger partial charge in [0.25, 0.3) is 5.56 Å². The van der Waals surface area contributed by atoms with Gasteiger partial charge in [-0.2, -0.15) is 0 Å². The van der Waals surface area contributed by atoms with Gasteiger partial charge in [-0.3, -0.25) is 9.89 Å². The zero-order chi connectivity index (χ0) is 14.0. The molecule has 1 aromatic heterocycles. The van der Waals surface area contributed by atoms with Crippen LogP contribution in [-0.2, 0) is 4.74 Å². The summed E-state index contributed by atoms with van der Waals surface area (Å²) in [6, 6.07) is 6.40. The van der Waals surface area contributed by atoms with E-state index in [0.717, 1.165) is 11.6 Å². The lowest BCUT2D eigenvalue weighted by Crippen LogP contribution is -2.15. The van der Waals surface area contributed by atoms with Crippen molar-refractivity contribution in [2.24, 2.45) is 0 Å². The third kappa shape index (κ3) is 2.63. The van der Waals surface area contributed by atoms with Gasteiger partial charge >= 0.3 is 6.16 Å². The lowest BCUT2D eigenvalue weighted by molar-refractivity contribution is 0.119. The Labute approximate surface area is 113 Å². The van der Waals surface area contributed by atoms with Crippen LogP contribution in [0.15, 0.2) is 29.1 Å². The number of carbonyl (C=O) groups is 1. The number of para-hydroxylation sites is 1. The predicted molar refractivity (Wildman–Crippen MR) is 69.2 cm³/mol. The second-order valence-electron chi connectivity index (χ2n) is 3.76. The number of carbonyl (C=O) groups excluding carboxylic acids is 1. The van der Waals surface area contributed by atoms with Gasteiger partial charge in [0.05, 0.1) is 23.9 Å². The Morgan fingerprint density at radius 2 is 2.16 bits per heavy atom. The molecule has 0 amide bonds. The number of ether oxygens (including phenoxy) is 2. The summed E-state index contributed by atoms with van der Waals surface area (Å²) in [6.45, 7) is 1.81. The van der Waals surface area contributed by atoms with Gasteiger partial charge in [0.15, 0.2) is 0 Å². The number of rotatable bonds is 2. The first-order valence-corrected chi connectivity index (χ1v) is 5.74. The van der Waals surface area contributed by atoms with Crippen LogP contribution in [0.25, 0.3) is 5.69 Å². The van der Waals surface area contributed by atoms with Gasteiger partial charge < -0.3 is 9.47 Å². The largest absolute Gasteiger partial charge is 0.514 e. The molecule has 0 aliphatic heterocycles. The Bertz CT molecular complexity index is 654. The van der Waals surface area contributed by atoms with Crippen molar-refractivity contribution in [3.8, 4) is 11.6 Å². The van der Waals surface area contributed by atoms with Crippen molar-refractivity contribution in [2.45, 2.75) is 6.92 Å². The molecule has 0 radical (unpaired) electrons. The molecular weight excluding hydrogens is 272 g/mol. The highest BCUT2D eigenvalue weighted by Crippen LogP contribution is 2.22. The first kappa shape index (κ1) is 13.2. The molecule has 19 heavy (non-hydrogen) atoms. The topological polar surface area (TPSA) is 73.3 Å². The number of halogens is 1. The normalized spacial score (nSPS) is 10.3. The Morgan fingerprint density at radius 3 is 2.79 bits per heavy atom. The van der Waals surface area contributed by atoms with Crippen molar-refractivity contribution < 1.29 is 14.3 Å². The number of nitrogens with one attached hydrogen (secondary N) is 1. The van der Waals surface area contributed by atoms with Crippen molar-refractivity contribution in [3.05, 3.63) is 45.2 Å². The van der Waals surface area contributed by atoms with Gasteiger partial charge in [-0.15, -0.1) is 0 Å². The van der Waals surface area contributed by atoms with Crippen molar-refractivity contribution in [2.75, 3.05) is 7.11 Å². The smallest absolute Gasteiger partial charge is 0.437 e. The summed E-state index contributed by atoms with van der Waals surface area (Å²) in [4.78, 5) is 22.8. The van der Waals surface area contributed by atoms with E-state index in [0.29, 0.717) is 10.7 Å². The molecule has 0 aliphatic rings. The predicted octanol–water partition coefficient (Wildman–Crippen LogP) is 2.27. The molecule has 0 spiro atoms. The van der Waals surface area contributed by atoms with E-state index in [-0.39, 0.29) is 5.88 Å². The summed E-state index contributed by atoms with van der Waals surface area (Å²) < 4.78 is 10.3. The zero-order valence-electron chi connectivity index (χ0n) is 10.3. The molecule has 1 aromatic carbocycles. The van der Waals surface area contributed by atoms with E-state index in [4.69, 9.17) is 16.3 Å².